The van der Waals surface area contributed by atoms with Crippen LogP contribution in [0.3, 0.4) is 0 Å². The predicted octanol–water partition coefficient (Wildman–Crippen LogP) is 2.29. The van der Waals surface area contributed by atoms with Gasteiger partial charge in [-0.3, -0.25) is 4.98 Å². The fourth-order valence-corrected chi connectivity index (χ4v) is 1.53. The molecule has 2 aromatic rings. The summed E-state index contributed by atoms with van der Waals surface area (Å²) < 4.78 is 18.5. The first-order chi connectivity index (χ1) is 9.72. The summed E-state index contributed by atoms with van der Waals surface area (Å²) in [6, 6.07) is 1.53. The van der Waals surface area contributed by atoms with E-state index in [1.807, 2.05) is 13.8 Å². The Morgan fingerprint density at radius 3 is 2.75 bits per heavy atom. The molecule has 0 aromatic carbocycles. The molecular weight excluding hydrogens is 261 g/mol. The molecule has 0 bridgehead atoms. The van der Waals surface area contributed by atoms with Crippen LogP contribution in [-0.2, 0) is 0 Å². The molecule has 2 aromatic heterocycles. The molecule has 20 heavy (non-hydrogen) atoms. The van der Waals surface area contributed by atoms with Crippen molar-refractivity contribution in [3.05, 3.63) is 24.3 Å². The largest absolute Gasteiger partial charge is 0.464 e. The topological polar surface area (TPSA) is 72.8 Å². The van der Waals surface area contributed by atoms with Gasteiger partial charge in [0, 0.05) is 18.3 Å². The fourth-order valence-electron chi connectivity index (χ4n) is 1.53. The number of anilines is 1. The Balaban J connectivity index is 2.37. The highest BCUT2D eigenvalue weighted by molar-refractivity contribution is 5.55. The third-order valence-corrected chi connectivity index (χ3v) is 2.38. The van der Waals surface area contributed by atoms with Gasteiger partial charge in [0.1, 0.15) is 5.82 Å². The van der Waals surface area contributed by atoms with Crippen LogP contribution in [0.1, 0.15) is 20.3 Å². The van der Waals surface area contributed by atoms with E-state index < -0.39 is 5.82 Å². The molecule has 0 aliphatic rings. The van der Waals surface area contributed by atoms with Crippen molar-refractivity contribution in [2.24, 2.45) is 0 Å². The average Bonchev–Trinajstić information content (AvgIpc) is 2.45. The number of hydrogen-bond acceptors (Lipinski definition) is 6. The van der Waals surface area contributed by atoms with Gasteiger partial charge in [0.05, 0.1) is 12.8 Å². The lowest BCUT2D eigenvalue weighted by molar-refractivity contribution is 0.312. The molecule has 7 heteroatoms. The first-order valence-electron chi connectivity index (χ1n) is 6.46. The lowest BCUT2D eigenvalue weighted by atomic mass is 10.2. The SMILES string of the molecule is CCCNc1nc(OCC)nc(-c2cncc(F)c2)n1. The van der Waals surface area contributed by atoms with E-state index in [4.69, 9.17) is 4.74 Å². The molecule has 2 rings (SSSR count). The van der Waals surface area contributed by atoms with Gasteiger partial charge in [0.15, 0.2) is 5.82 Å². The predicted molar refractivity (Wildman–Crippen MR) is 73.0 cm³/mol. The second-order valence-electron chi connectivity index (χ2n) is 4.02. The molecule has 0 spiro atoms. The van der Waals surface area contributed by atoms with E-state index in [1.165, 1.54) is 12.3 Å². The normalized spacial score (nSPS) is 10.3. The molecule has 2 heterocycles. The van der Waals surface area contributed by atoms with E-state index in [-0.39, 0.29) is 6.01 Å². The highest BCUT2D eigenvalue weighted by Crippen LogP contribution is 2.18. The van der Waals surface area contributed by atoms with E-state index >= 15 is 0 Å². The Morgan fingerprint density at radius 1 is 1.20 bits per heavy atom. The van der Waals surface area contributed by atoms with E-state index in [0.717, 1.165) is 19.2 Å². The van der Waals surface area contributed by atoms with Gasteiger partial charge < -0.3 is 10.1 Å². The van der Waals surface area contributed by atoms with Crippen molar-refractivity contribution in [2.45, 2.75) is 20.3 Å². The number of pyridine rings is 1. The van der Waals surface area contributed by atoms with Crippen LogP contribution in [0.15, 0.2) is 18.5 Å². The maximum absolute atomic E-state index is 13.2. The van der Waals surface area contributed by atoms with Crippen molar-refractivity contribution >= 4 is 5.95 Å². The van der Waals surface area contributed by atoms with E-state index in [9.17, 15) is 4.39 Å². The summed E-state index contributed by atoms with van der Waals surface area (Å²) in [5, 5.41) is 3.06. The van der Waals surface area contributed by atoms with E-state index in [2.05, 4.69) is 25.3 Å². The Bertz CT molecular complexity index is 578. The average molecular weight is 277 g/mol. The Kier molecular flexibility index (Phi) is 4.75. The molecule has 0 amide bonds. The van der Waals surface area contributed by atoms with Gasteiger partial charge in [-0.1, -0.05) is 6.92 Å². The molecule has 0 unspecified atom stereocenters. The van der Waals surface area contributed by atoms with Crippen molar-refractivity contribution in [3.63, 3.8) is 0 Å². The molecule has 0 saturated heterocycles. The van der Waals surface area contributed by atoms with E-state index in [1.54, 1.807) is 0 Å². The van der Waals surface area contributed by atoms with Gasteiger partial charge in [-0.2, -0.15) is 15.0 Å². The number of nitrogens with zero attached hydrogens (tertiary/aromatic N) is 4. The van der Waals surface area contributed by atoms with Crippen LogP contribution in [0.2, 0.25) is 0 Å². The summed E-state index contributed by atoms with van der Waals surface area (Å²) in [4.78, 5) is 16.3. The van der Waals surface area contributed by atoms with Gasteiger partial charge in [0.25, 0.3) is 0 Å². The molecule has 0 atom stereocenters. The number of nitrogens with one attached hydrogen (secondary N) is 1. The fraction of sp³-hybridized carbons (Fsp3) is 0.385. The van der Waals surface area contributed by atoms with Gasteiger partial charge in [-0.25, -0.2) is 4.39 Å². The van der Waals surface area contributed by atoms with Crippen molar-refractivity contribution in [3.8, 4) is 17.4 Å². The third-order valence-electron chi connectivity index (χ3n) is 2.38. The highest BCUT2D eigenvalue weighted by atomic mass is 19.1. The zero-order valence-corrected chi connectivity index (χ0v) is 11.4. The molecule has 0 radical (unpaired) electrons. The highest BCUT2D eigenvalue weighted by Gasteiger charge is 2.10. The number of ether oxygens (including phenoxy) is 1. The summed E-state index contributed by atoms with van der Waals surface area (Å²) in [6.07, 6.45) is 3.56. The molecule has 0 saturated carbocycles. The summed E-state index contributed by atoms with van der Waals surface area (Å²) in [6.45, 7) is 5.05. The molecule has 0 fully saturated rings. The van der Waals surface area contributed by atoms with Crippen LogP contribution in [-0.4, -0.2) is 33.1 Å². The van der Waals surface area contributed by atoms with Crippen LogP contribution >= 0.6 is 0 Å². The molecule has 0 aliphatic heterocycles. The maximum Gasteiger partial charge on any atom is 0.321 e. The summed E-state index contributed by atoms with van der Waals surface area (Å²) in [5.41, 5.74) is 0.480. The minimum atomic E-state index is -0.441. The lowest BCUT2D eigenvalue weighted by Crippen LogP contribution is -2.08. The zero-order valence-electron chi connectivity index (χ0n) is 11.4. The number of aromatic nitrogens is 4. The van der Waals surface area contributed by atoms with Gasteiger partial charge >= 0.3 is 6.01 Å². The van der Waals surface area contributed by atoms with Crippen molar-refractivity contribution in [1.82, 2.24) is 19.9 Å². The van der Waals surface area contributed by atoms with E-state index in [0.29, 0.717) is 23.9 Å². The minimum absolute atomic E-state index is 0.209. The lowest BCUT2D eigenvalue weighted by Gasteiger charge is -2.08. The first-order valence-corrected chi connectivity index (χ1v) is 6.46. The first kappa shape index (κ1) is 14.1. The molecule has 6 nitrogen and oxygen atoms in total. The smallest absolute Gasteiger partial charge is 0.321 e. The van der Waals surface area contributed by atoms with Gasteiger partial charge in [0.2, 0.25) is 5.95 Å². The van der Waals surface area contributed by atoms with Crippen molar-refractivity contribution < 1.29 is 9.13 Å². The maximum atomic E-state index is 13.2. The molecule has 106 valence electrons. The van der Waals surface area contributed by atoms with Crippen LogP contribution in [0.5, 0.6) is 6.01 Å². The molecule has 0 aliphatic carbocycles. The number of rotatable bonds is 6. The Hall–Kier alpha value is -2.31. The summed E-state index contributed by atoms with van der Waals surface area (Å²) in [7, 11) is 0. The van der Waals surface area contributed by atoms with Crippen LogP contribution in [0, 0.1) is 5.82 Å². The monoisotopic (exact) mass is 277 g/mol. The van der Waals surface area contributed by atoms with Gasteiger partial charge in [-0.15, -0.1) is 0 Å². The summed E-state index contributed by atoms with van der Waals surface area (Å²) >= 11 is 0. The number of hydrogen-bond donors (Lipinski definition) is 1. The quantitative estimate of drug-likeness (QED) is 0.873. The second-order valence-corrected chi connectivity index (χ2v) is 4.02. The second kappa shape index (κ2) is 6.74. The zero-order chi connectivity index (χ0) is 14.4. The van der Waals surface area contributed by atoms with Crippen molar-refractivity contribution in [1.29, 1.82) is 0 Å². The molecular formula is C13H16FN5O. The van der Waals surface area contributed by atoms with Crippen molar-refractivity contribution in [2.75, 3.05) is 18.5 Å². The standard InChI is InChI=1S/C13H16FN5O/c1-3-5-16-12-17-11(18-13(19-12)20-4-2)9-6-10(14)8-15-7-9/h6-8H,3-5H2,1-2H3,(H,16,17,18,19). The summed E-state index contributed by atoms with van der Waals surface area (Å²) in [5.74, 6) is 0.294. The minimum Gasteiger partial charge on any atom is -0.464 e. The number of halogens is 1. The van der Waals surface area contributed by atoms with Gasteiger partial charge in [-0.05, 0) is 19.4 Å². The Morgan fingerprint density at radius 2 is 2.05 bits per heavy atom. The third kappa shape index (κ3) is 3.59. The van der Waals surface area contributed by atoms with Crippen LogP contribution in [0.4, 0.5) is 10.3 Å². The van der Waals surface area contributed by atoms with Crippen LogP contribution in [0.25, 0.3) is 11.4 Å². The molecule has 1 N–H and O–H groups in total. The van der Waals surface area contributed by atoms with Crippen LogP contribution < -0.4 is 10.1 Å². The Labute approximate surface area is 116 Å².